The van der Waals surface area contributed by atoms with E-state index in [4.69, 9.17) is 35.0 Å². The van der Waals surface area contributed by atoms with Crippen LogP contribution in [0.15, 0.2) is 17.3 Å². The Bertz CT molecular complexity index is 627. The van der Waals surface area contributed by atoms with E-state index in [1.807, 2.05) is 0 Å². The quantitative estimate of drug-likeness (QED) is 0.242. The summed E-state index contributed by atoms with van der Waals surface area (Å²) in [6.45, 7) is -0.887. The molecule has 2 saturated heterocycles. The average Bonchev–Trinajstić information content (AvgIpc) is 3.16. The van der Waals surface area contributed by atoms with Gasteiger partial charge in [0.15, 0.2) is 24.3 Å². The van der Waals surface area contributed by atoms with Gasteiger partial charge in [-0.2, -0.15) is 0 Å². The highest BCUT2D eigenvalue weighted by molar-refractivity contribution is 5.92. The summed E-state index contributed by atoms with van der Waals surface area (Å²) in [5.74, 6) is -0.825. The lowest BCUT2D eigenvalue weighted by molar-refractivity contribution is -0.159. The van der Waals surface area contributed by atoms with Gasteiger partial charge in [0, 0.05) is 6.20 Å². The third-order valence-corrected chi connectivity index (χ3v) is 3.97. The Kier molecular flexibility index (Phi) is 5.24. The predicted octanol–water partition coefficient (Wildman–Crippen LogP) is -3.04. The topological polar surface area (TPSA) is 185 Å². The molecule has 26 heavy (non-hydrogen) atoms. The zero-order valence-electron chi connectivity index (χ0n) is 13.3. The Balaban J connectivity index is 1.69. The van der Waals surface area contributed by atoms with Gasteiger partial charge in [-0.05, 0) is 6.08 Å². The smallest absolute Gasteiger partial charge is 0.462 e. The highest BCUT2D eigenvalue weighted by Crippen LogP contribution is 2.35. The maximum Gasteiger partial charge on any atom is 0.509 e. The van der Waals surface area contributed by atoms with E-state index < -0.39 is 55.7 Å². The number of aliphatic hydroxyl groups excluding tert-OH is 2. The van der Waals surface area contributed by atoms with Crippen molar-refractivity contribution in [1.29, 1.82) is 0 Å². The molecular formula is C13H18N4O9. The van der Waals surface area contributed by atoms with Crippen molar-refractivity contribution in [2.75, 3.05) is 13.2 Å². The van der Waals surface area contributed by atoms with Crippen molar-refractivity contribution >= 4 is 18.0 Å². The Labute approximate surface area is 146 Å². The molecule has 0 saturated carbocycles. The summed E-state index contributed by atoms with van der Waals surface area (Å²) >= 11 is 0. The number of esters is 1. The Morgan fingerprint density at radius 3 is 2.85 bits per heavy atom. The second-order valence-corrected chi connectivity index (χ2v) is 5.63. The third-order valence-electron chi connectivity index (χ3n) is 3.97. The van der Waals surface area contributed by atoms with E-state index in [1.54, 1.807) is 5.48 Å². The van der Waals surface area contributed by atoms with Gasteiger partial charge in [-0.25, -0.2) is 9.79 Å². The van der Waals surface area contributed by atoms with Crippen LogP contribution in [0, 0.1) is 0 Å². The number of carbonyl (C=O) groups is 2. The van der Waals surface area contributed by atoms with Crippen LogP contribution in [0.25, 0.3) is 0 Å². The van der Waals surface area contributed by atoms with Gasteiger partial charge < -0.3 is 39.8 Å². The number of nitrogens with two attached hydrogens (primary N) is 1. The van der Waals surface area contributed by atoms with Crippen molar-refractivity contribution in [3.8, 4) is 0 Å². The van der Waals surface area contributed by atoms with Crippen LogP contribution < -0.4 is 11.2 Å². The third kappa shape index (κ3) is 3.42. The second-order valence-electron chi connectivity index (χ2n) is 5.63. The van der Waals surface area contributed by atoms with Crippen LogP contribution in [0.5, 0.6) is 0 Å². The first-order valence-corrected chi connectivity index (χ1v) is 7.62. The summed E-state index contributed by atoms with van der Waals surface area (Å²) in [5.41, 5.74) is 7.14. The largest absolute Gasteiger partial charge is 0.509 e. The standard InChI is InChI=1S/C13H18N4O9/c14-5(3-18)11(19)23-4-6-8-9(26-13(21)25-8)10(24-6)17-2-1-7(16-22)15-12(17)20/h1-2,5-6,8-10,12,18,20,22H,3-4,14H2,(H,15,16)/t5-,6+,8+,9+,10+,12?/m0/s1. The van der Waals surface area contributed by atoms with E-state index in [0.29, 0.717) is 0 Å². The van der Waals surface area contributed by atoms with Gasteiger partial charge in [0.25, 0.3) is 0 Å². The zero-order valence-corrected chi connectivity index (χ0v) is 13.3. The first-order valence-electron chi connectivity index (χ1n) is 7.62. The Morgan fingerprint density at radius 2 is 2.19 bits per heavy atom. The van der Waals surface area contributed by atoms with Crippen LogP contribution in [0.2, 0.25) is 0 Å². The molecule has 3 aliphatic heterocycles. The molecular weight excluding hydrogens is 356 g/mol. The maximum atomic E-state index is 11.6. The van der Waals surface area contributed by atoms with Crippen LogP contribution >= 0.6 is 0 Å². The number of rotatable bonds is 5. The zero-order chi connectivity index (χ0) is 18.8. The molecule has 0 spiro atoms. The number of nitrogens with zero attached hydrogens (tertiary/aromatic N) is 2. The van der Waals surface area contributed by atoms with Gasteiger partial charge >= 0.3 is 12.1 Å². The minimum Gasteiger partial charge on any atom is -0.462 e. The molecule has 1 unspecified atom stereocenters. The van der Waals surface area contributed by atoms with Crippen molar-refractivity contribution in [3.63, 3.8) is 0 Å². The predicted molar refractivity (Wildman–Crippen MR) is 79.2 cm³/mol. The lowest BCUT2D eigenvalue weighted by Crippen LogP contribution is -2.47. The average molecular weight is 374 g/mol. The summed E-state index contributed by atoms with van der Waals surface area (Å²) in [5, 5.41) is 27.7. The molecule has 0 aromatic rings. The van der Waals surface area contributed by atoms with E-state index in [-0.39, 0.29) is 12.4 Å². The fourth-order valence-electron chi connectivity index (χ4n) is 2.70. The van der Waals surface area contributed by atoms with Gasteiger partial charge in [-0.1, -0.05) is 0 Å². The molecule has 2 fully saturated rings. The molecule has 0 bridgehead atoms. The number of hydroxylamine groups is 1. The molecule has 0 aromatic heterocycles. The number of amidine groups is 1. The van der Waals surface area contributed by atoms with Crippen molar-refractivity contribution in [3.05, 3.63) is 12.3 Å². The number of aliphatic imine (C=N–C) groups is 1. The molecule has 0 aliphatic carbocycles. The van der Waals surface area contributed by atoms with Gasteiger partial charge in [-0.15, -0.1) is 0 Å². The number of fused-ring (bicyclic) bond motifs is 1. The molecule has 13 nitrogen and oxygen atoms in total. The molecule has 144 valence electrons. The highest BCUT2D eigenvalue weighted by Gasteiger charge is 2.57. The van der Waals surface area contributed by atoms with E-state index in [9.17, 15) is 14.7 Å². The molecule has 6 atom stereocenters. The first-order chi connectivity index (χ1) is 12.4. The van der Waals surface area contributed by atoms with E-state index in [1.165, 1.54) is 17.2 Å². The molecule has 13 heteroatoms. The minimum absolute atomic E-state index is 0.0198. The van der Waals surface area contributed by atoms with Crippen molar-refractivity contribution in [2.45, 2.75) is 36.9 Å². The minimum atomic E-state index is -1.43. The van der Waals surface area contributed by atoms with Crippen LogP contribution in [-0.2, 0) is 23.7 Å². The van der Waals surface area contributed by atoms with Gasteiger partial charge in [0.2, 0.25) is 6.35 Å². The monoisotopic (exact) mass is 374 g/mol. The fraction of sp³-hybridized carbons (Fsp3) is 0.615. The Hall–Kier alpha value is -2.45. The molecule has 3 aliphatic rings. The number of nitrogens with one attached hydrogen (secondary N) is 1. The van der Waals surface area contributed by atoms with Crippen molar-refractivity contribution < 1.29 is 44.0 Å². The van der Waals surface area contributed by atoms with Crippen LogP contribution in [-0.4, -0.2) is 88.4 Å². The fourth-order valence-corrected chi connectivity index (χ4v) is 2.70. The number of ether oxygens (including phenoxy) is 4. The van der Waals surface area contributed by atoms with Gasteiger partial charge in [-0.3, -0.25) is 15.5 Å². The number of aliphatic hydroxyl groups is 2. The molecule has 0 radical (unpaired) electrons. The number of carbonyl (C=O) groups excluding carboxylic acids is 2. The Morgan fingerprint density at radius 1 is 1.46 bits per heavy atom. The SMILES string of the molecule is N[C@@H](CO)C(=O)OC[C@H]1O[C@@H](N2C=CC(NO)=NC2O)[C@@H]2OC(=O)O[C@@H]21. The lowest BCUT2D eigenvalue weighted by Gasteiger charge is -2.33. The normalized spacial score (nSPS) is 33.8. The summed E-state index contributed by atoms with van der Waals surface area (Å²) in [7, 11) is 0. The first kappa shape index (κ1) is 18.3. The van der Waals surface area contributed by atoms with Crippen LogP contribution in [0.3, 0.4) is 0 Å². The molecule has 3 heterocycles. The van der Waals surface area contributed by atoms with E-state index in [0.717, 1.165) is 0 Å². The number of hydrogen-bond acceptors (Lipinski definition) is 13. The van der Waals surface area contributed by atoms with Gasteiger partial charge in [0.1, 0.15) is 18.8 Å². The maximum absolute atomic E-state index is 11.6. The summed E-state index contributed by atoms with van der Waals surface area (Å²) in [4.78, 5) is 28.0. The molecule has 6 N–H and O–H groups in total. The summed E-state index contributed by atoms with van der Waals surface area (Å²) in [6.07, 6.45) is -3.26. The number of hydrogen-bond donors (Lipinski definition) is 5. The van der Waals surface area contributed by atoms with E-state index in [2.05, 4.69) is 4.99 Å². The van der Waals surface area contributed by atoms with Crippen molar-refractivity contribution in [2.24, 2.45) is 10.7 Å². The molecule has 0 amide bonds. The second kappa shape index (κ2) is 7.43. The van der Waals surface area contributed by atoms with Crippen molar-refractivity contribution in [1.82, 2.24) is 10.4 Å². The lowest BCUT2D eigenvalue weighted by atomic mass is 10.1. The molecule has 0 aromatic carbocycles. The molecule has 3 rings (SSSR count). The summed E-state index contributed by atoms with van der Waals surface area (Å²) < 4.78 is 20.8. The van der Waals surface area contributed by atoms with Gasteiger partial charge in [0.05, 0.1) is 6.61 Å². The van der Waals surface area contributed by atoms with Crippen LogP contribution in [0.1, 0.15) is 0 Å². The van der Waals surface area contributed by atoms with Crippen LogP contribution in [0.4, 0.5) is 4.79 Å². The van der Waals surface area contributed by atoms with E-state index >= 15 is 0 Å². The summed E-state index contributed by atoms with van der Waals surface area (Å²) in [6, 6.07) is -1.20. The highest BCUT2D eigenvalue weighted by atomic mass is 16.8.